The lowest BCUT2D eigenvalue weighted by Crippen LogP contribution is -2.57. The number of hydrogen-bond donors (Lipinski definition) is 1. The summed E-state index contributed by atoms with van der Waals surface area (Å²) in [5.74, 6) is 0.758. The molecule has 0 aromatic carbocycles. The maximum atomic E-state index is 6.05. The van der Waals surface area contributed by atoms with Gasteiger partial charge in [-0.3, -0.25) is 0 Å². The first-order chi connectivity index (χ1) is 6.64. The fraction of sp³-hybridized carbons (Fsp3) is 0.545. The second-order valence-electron chi connectivity index (χ2n) is 6.12. The molecule has 84 valence electrons. The molecule has 0 aliphatic rings. The molecule has 0 aliphatic heterocycles. The van der Waals surface area contributed by atoms with Crippen LogP contribution in [0.15, 0.2) is 12.3 Å². The van der Waals surface area contributed by atoms with Gasteiger partial charge in [0.1, 0.15) is 5.82 Å². The number of nitrogen functional groups attached to an aromatic ring is 1. The molecule has 0 radical (unpaired) electrons. The van der Waals surface area contributed by atoms with Crippen LogP contribution in [0.3, 0.4) is 0 Å². The average Bonchev–Trinajstić information content (AvgIpc) is 1.99. The van der Waals surface area contributed by atoms with Crippen LogP contribution in [0.1, 0.15) is 0 Å². The van der Waals surface area contributed by atoms with E-state index in [9.17, 15) is 0 Å². The molecule has 2 N–H and O–H groups in total. The molecule has 0 fully saturated rings. The number of nitrogens with two attached hydrogens (primary N) is 1. The fourth-order valence-electron chi connectivity index (χ4n) is 1.89. The molecule has 15 heavy (non-hydrogen) atoms. The highest BCUT2D eigenvalue weighted by Crippen LogP contribution is 2.09. The third-order valence-electron chi connectivity index (χ3n) is 2.54. The Labute approximate surface area is 94.9 Å². The summed E-state index contributed by atoms with van der Waals surface area (Å²) in [4.78, 5) is 4.25. The predicted octanol–water partition coefficient (Wildman–Crippen LogP) is 1.75. The van der Waals surface area contributed by atoms with E-state index in [2.05, 4.69) is 50.3 Å². The minimum absolute atomic E-state index is 0.758. The second kappa shape index (κ2) is 3.75. The van der Waals surface area contributed by atoms with Crippen LogP contribution in [0, 0.1) is 0 Å². The number of nitrogens with zero attached hydrogens (tertiary/aromatic N) is 1. The maximum Gasteiger partial charge on any atom is 0.122 e. The molecule has 1 aromatic rings. The quantitative estimate of drug-likeness (QED) is 0.798. The Morgan fingerprint density at radius 2 is 1.53 bits per heavy atom. The van der Waals surface area contributed by atoms with Crippen molar-refractivity contribution in [2.45, 2.75) is 39.3 Å². The minimum atomic E-state index is -1.39. The summed E-state index contributed by atoms with van der Waals surface area (Å²) < 4.78 is 0. The molecule has 0 spiro atoms. The summed E-state index contributed by atoms with van der Waals surface area (Å²) in [6, 6.07) is 2.18. The van der Waals surface area contributed by atoms with Crippen LogP contribution >= 0.6 is 0 Å². The van der Waals surface area contributed by atoms with Crippen molar-refractivity contribution in [3.8, 4) is 0 Å². The first-order valence-electron chi connectivity index (χ1n) is 5.39. The van der Waals surface area contributed by atoms with Crippen molar-refractivity contribution < 1.29 is 0 Å². The van der Waals surface area contributed by atoms with Gasteiger partial charge in [0.25, 0.3) is 0 Å². The van der Waals surface area contributed by atoms with E-state index >= 15 is 0 Å². The predicted molar refractivity (Wildman–Crippen MR) is 74.6 cm³/mol. The zero-order chi connectivity index (χ0) is 11.9. The highest BCUT2D eigenvalue weighted by Gasteiger charge is 2.29. The highest BCUT2D eigenvalue weighted by atomic mass is 28.3. The Balaban J connectivity index is 3.48. The summed E-state index contributed by atoms with van der Waals surface area (Å²) in [7, 11) is -2.69. The SMILES string of the molecule is C[Si](C)(C)c1ccnc(N)c1[Si](C)(C)C. The molecule has 1 heterocycles. The number of pyridine rings is 1. The molecule has 4 heteroatoms. The molecule has 1 aromatic heterocycles. The van der Waals surface area contributed by atoms with Gasteiger partial charge >= 0.3 is 0 Å². The van der Waals surface area contributed by atoms with Crippen molar-refractivity contribution in [1.82, 2.24) is 4.98 Å². The summed E-state index contributed by atoms with van der Waals surface area (Å²) in [6.07, 6.45) is 1.85. The van der Waals surface area contributed by atoms with Gasteiger partial charge in [0.15, 0.2) is 0 Å². The standard InChI is InChI=1S/C11H22N2Si2/c1-14(2,3)9-7-8-13-11(12)10(9)15(4,5)6/h7-8H,1-6H3,(H2,12,13). The average molecular weight is 238 g/mol. The summed E-state index contributed by atoms with van der Waals surface area (Å²) in [5, 5.41) is 2.87. The van der Waals surface area contributed by atoms with Crippen molar-refractivity contribution in [3.63, 3.8) is 0 Å². The van der Waals surface area contributed by atoms with Crippen LogP contribution in [-0.4, -0.2) is 21.1 Å². The Morgan fingerprint density at radius 3 is 1.87 bits per heavy atom. The number of anilines is 1. The number of hydrogen-bond acceptors (Lipinski definition) is 2. The van der Waals surface area contributed by atoms with Crippen molar-refractivity contribution in [3.05, 3.63) is 12.3 Å². The third-order valence-corrected chi connectivity index (χ3v) is 6.85. The Kier molecular flexibility index (Phi) is 3.12. The first kappa shape index (κ1) is 12.5. The van der Waals surface area contributed by atoms with Crippen LogP contribution in [-0.2, 0) is 0 Å². The van der Waals surface area contributed by atoms with Gasteiger partial charge in [0, 0.05) is 6.20 Å². The zero-order valence-electron chi connectivity index (χ0n) is 10.7. The zero-order valence-corrected chi connectivity index (χ0v) is 12.7. The highest BCUT2D eigenvalue weighted by molar-refractivity contribution is 6.99. The topological polar surface area (TPSA) is 38.9 Å². The van der Waals surface area contributed by atoms with E-state index in [1.54, 1.807) is 0 Å². The lowest BCUT2D eigenvalue weighted by atomic mass is 10.4. The van der Waals surface area contributed by atoms with Gasteiger partial charge in [-0.05, 0) is 11.3 Å². The molecule has 0 atom stereocenters. The van der Waals surface area contributed by atoms with E-state index in [0.29, 0.717) is 0 Å². The van der Waals surface area contributed by atoms with Crippen molar-refractivity contribution in [1.29, 1.82) is 0 Å². The normalized spacial score (nSPS) is 12.9. The van der Waals surface area contributed by atoms with E-state index in [1.165, 1.54) is 10.4 Å². The smallest absolute Gasteiger partial charge is 0.122 e. The van der Waals surface area contributed by atoms with E-state index in [4.69, 9.17) is 5.73 Å². The van der Waals surface area contributed by atoms with Gasteiger partial charge in [0.05, 0.1) is 16.1 Å². The van der Waals surface area contributed by atoms with Crippen LogP contribution in [0.4, 0.5) is 5.82 Å². The van der Waals surface area contributed by atoms with Crippen molar-refractivity contribution in [2.24, 2.45) is 0 Å². The lowest BCUT2D eigenvalue weighted by molar-refractivity contribution is 1.35. The van der Waals surface area contributed by atoms with Gasteiger partial charge < -0.3 is 5.73 Å². The van der Waals surface area contributed by atoms with Crippen LogP contribution < -0.4 is 16.1 Å². The molecule has 0 bridgehead atoms. The number of aromatic nitrogens is 1. The van der Waals surface area contributed by atoms with Crippen molar-refractivity contribution >= 4 is 32.3 Å². The van der Waals surface area contributed by atoms with Crippen molar-refractivity contribution in [2.75, 3.05) is 5.73 Å². The summed E-state index contributed by atoms with van der Waals surface area (Å²) >= 11 is 0. The molecule has 2 nitrogen and oxygen atoms in total. The summed E-state index contributed by atoms with van der Waals surface area (Å²) in [5.41, 5.74) is 6.05. The fourth-order valence-corrected chi connectivity index (χ4v) is 7.32. The Bertz CT molecular complexity index is 362. The van der Waals surface area contributed by atoms with E-state index in [0.717, 1.165) is 5.82 Å². The monoisotopic (exact) mass is 238 g/mol. The van der Waals surface area contributed by atoms with Gasteiger partial charge in [-0.1, -0.05) is 44.5 Å². The Morgan fingerprint density at radius 1 is 1.00 bits per heavy atom. The third kappa shape index (κ3) is 2.69. The van der Waals surface area contributed by atoms with Crippen LogP contribution in [0.2, 0.25) is 39.3 Å². The minimum Gasteiger partial charge on any atom is -0.384 e. The van der Waals surface area contributed by atoms with E-state index < -0.39 is 16.1 Å². The summed E-state index contributed by atoms with van der Waals surface area (Å²) in [6.45, 7) is 14.1. The van der Waals surface area contributed by atoms with E-state index in [1.807, 2.05) is 6.20 Å². The molecular weight excluding hydrogens is 216 g/mol. The molecule has 1 rings (SSSR count). The van der Waals surface area contributed by atoms with Gasteiger partial charge in [0.2, 0.25) is 0 Å². The van der Waals surface area contributed by atoms with E-state index in [-0.39, 0.29) is 0 Å². The van der Waals surface area contributed by atoms with Gasteiger partial charge in [-0.15, -0.1) is 0 Å². The maximum absolute atomic E-state index is 6.05. The molecule has 0 unspecified atom stereocenters. The van der Waals surface area contributed by atoms with Gasteiger partial charge in [-0.2, -0.15) is 0 Å². The molecular formula is C11H22N2Si2. The first-order valence-corrected chi connectivity index (χ1v) is 12.4. The molecule has 0 amide bonds. The second-order valence-corrected chi connectivity index (χ2v) is 16.2. The number of rotatable bonds is 2. The molecule has 0 saturated heterocycles. The van der Waals surface area contributed by atoms with Crippen LogP contribution in [0.25, 0.3) is 0 Å². The largest absolute Gasteiger partial charge is 0.384 e. The Hall–Kier alpha value is -0.616. The van der Waals surface area contributed by atoms with Gasteiger partial charge in [-0.25, -0.2) is 4.98 Å². The molecule has 0 saturated carbocycles. The lowest BCUT2D eigenvalue weighted by Gasteiger charge is -2.28. The molecule has 0 aliphatic carbocycles. The van der Waals surface area contributed by atoms with Crippen LogP contribution in [0.5, 0.6) is 0 Å².